The molecule has 0 atom stereocenters. The molecule has 0 spiro atoms. The van der Waals surface area contributed by atoms with Gasteiger partial charge in [0.15, 0.2) is 0 Å². The summed E-state index contributed by atoms with van der Waals surface area (Å²) in [6.45, 7) is 3.91. The number of rotatable bonds is 15. The quantitative estimate of drug-likeness (QED) is 0.162. The molecule has 0 saturated heterocycles. The molecular weight excluding hydrogens is 476 g/mol. The van der Waals surface area contributed by atoms with Gasteiger partial charge in [0.25, 0.3) is 0 Å². The van der Waals surface area contributed by atoms with Gasteiger partial charge in [-0.25, -0.2) is 4.79 Å². The van der Waals surface area contributed by atoms with Crippen LogP contribution >= 0.6 is 0 Å². The fraction of sp³-hybridized carbons (Fsp3) is 0.310. The lowest BCUT2D eigenvalue weighted by molar-refractivity contribution is -0.144. The summed E-state index contributed by atoms with van der Waals surface area (Å²) in [6, 6.07) is 21.8. The van der Waals surface area contributed by atoms with Crippen molar-refractivity contribution in [1.82, 2.24) is 0 Å². The Morgan fingerprint density at radius 1 is 0.622 bits per heavy atom. The molecule has 3 aromatic rings. The van der Waals surface area contributed by atoms with E-state index in [2.05, 4.69) is 0 Å². The van der Waals surface area contributed by atoms with E-state index in [4.69, 9.17) is 28.4 Å². The fourth-order valence-electron chi connectivity index (χ4n) is 3.21. The van der Waals surface area contributed by atoms with Crippen LogP contribution < -0.4 is 14.2 Å². The SMILES string of the molecule is CCC(=O)OCCOCCOCCOc1ccc(C(=O)Oc2ccc(-c3ccc(OC)cc3)cc2)cc1. The monoisotopic (exact) mass is 508 g/mol. The topological polar surface area (TPSA) is 89.5 Å². The zero-order valence-corrected chi connectivity index (χ0v) is 21.1. The molecule has 37 heavy (non-hydrogen) atoms. The van der Waals surface area contributed by atoms with Crippen molar-refractivity contribution >= 4 is 11.9 Å². The van der Waals surface area contributed by atoms with Crippen molar-refractivity contribution in [3.8, 4) is 28.4 Å². The number of esters is 2. The van der Waals surface area contributed by atoms with Gasteiger partial charge in [0, 0.05) is 6.42 Å². The van der Waals surface area contributed by atoms with Crippen LogP contribution in [0.4, 0.5) is 0 Å². The van der Waals surface area contributed by atoms with Crippen LogP contribution in [0, 0.1) is 0 Å². The van der Waals surface area contributed by atoms with Gasteiger partial charge in [-0.15, -0.1) is 0 Å². The first-order chi connectivity index (χ1) is 18.1. The summed E-state index contributed by atoms with van der Waals surface area (Å²) < 4.78 is 32.0. The van der Waals surface area contributed by atoms with Crippen molar-refractivity contribution in [3.05, 3.63) is 78.4 Å². The van der Waals surface area contributed by atoms with Crippen molar-refractivity contribution in [2.24, 2.45) is 0 Å². The van der Waals surface area contributed by atoms with E-state index in [-0.39, 0.29) is 12.6 Å². The first-order valence-electron chi connectivity index (χ1n) is 12.1. The fourth-order valence-corrected chi connectivity index (χ4v) is 3.21. The summed E-state index contributed by atoms with van der Waals surface area (Å²) >= 11 is 0. The second kappa shape index (κ2) is 15.3. The summed E-state index contributed by atoms with van der Waals surface area (Å²) in [5.74, 6) is 1.20. The van der Waals surface area contributed by atoms with Crippen LogP contribution in [0.1, 0.15) is 23.7 Å². The predicted molar refractivity (Wildman–Crippen MR) is 138 cm³/mol. The van der Waals surface area contributed by atoms with Gasteiger partial charge >= 0.3 is 11.9 Å². The molecule has 8 heteroatoms. The molecule has 0 unspecified atom stereocenters. The maximum Gasteiger partial charge on any atom is 0.343 e. The van der Waals surface area contributed by atoms with Gasteiger partial charge in [0.2, 0.25) is 0 Å². The molecule has 0 aliphatic rings. The normalized spacial score (nSPS) is 10.5. The van der Waals surface area contributed by atoms with E-state index in [9.17, 15) is 9.59 Å². The van der Waals surface area contributed by atoms with E-state index in [0.29, 0.717) is 56.5 Å². The Balaban J connectivity index is 1.33. The minimum Gasteiger partial charge on any atom is -0.497 e. The molecule has 0 N–H and O–H groups in total. The van der Waals surface area contributed by atoms with E-state index in [0.717, 1.165) is 16.9 Å². The van der Waals surface area contributed by atoms with E-state index < -0.39 is 5.97 Å². The minimum atomic E-state index is -0.448. The number of carbonyl (C=O) groups excluding carboxylic acids is 2. The van der Waals surface area contributed by atoms with Gasteiger partial charge in [-0.2, -0.15) is 0 Å². The van der Waals surface area contributed by atoms with Crippen LogP contribution in [0.2, 0.25) is 0 Å². The highest BCUT2D eigenvalue weighted by Crippen LogP contribution is 2.25. The molecular formula is C29H32O8. The third-order valence-corrected chi connectivity index (χ3v) is 5.23. The van der Waals surface area contributed by atoms with Gasteiger partial charge in [0.1, 0.15) is 30.5 Å². The van der Waals surface area contributed by atoms with Crippen molar-refractivity contribution in [2.75, 3.05) is 46.8 Å². The Hall–Kier alpha value is -3.88. The molecule has 0 heterocycles. The molecule has 8 nitrogen and oxygen atoms in total. The number of hydrogen-bond acceptors (Lipinski definition) is 8. The zero-order chi connectivity index (χ0) is 26.3. The van der Waals surface area contributed by atoms with Gasteiger partial charge in [-0.1, -0.05) is 31.2 Å². The van der Waals surface area contributed by atoms with Gasteiger partial charge < -0.3 is 28.4 Å². The molecule has 0 aromatic heterocycles. The third-order valence-electron chi connectivity index (χ3n) is 5.23. The first kappa shape index (κ1) is 27.7. The Bertz CT molecular complexity index is 1090. The number of methoxy groups -OCH3 is 1. The highest BCUT2D eigenvalue weighted by atomic mass is 16.6. The summed E-state index contributed by atoms with van der Waals surface area (Å²) in [6.07, 6.45) is 0.358. The van der Waals surface area contributed by atoms with Crippen LogP contribution in [0.3, 0.4) is 0 Å². The summed E-state index contributed by atoms with van der Waals surface area (Å²) in [4.78, 5) is 23.5. The van der Waals surface area contributed by atoms with E-state index in [1.807, 2.05) is 36.4 Å². The first-order valence-corrected chi connectivity index (χ1v) is 12.1. The van der Waals surface area contributed by atoms with Crippen molar-refractivity contribution in [3.63, 3.8) is 0 Å². The Kier molecular flexibility index (Phi) is 11.4. The molecule has 3 rings (SSSR count). The summed E-state index contributed by atoms with van der Waals surface area (Å²) in [5, 5.41) is 0. The van der Waals surface area contributed by atoms with Crippen molar-refractivity contribution < 1.29 is 38.0 Å². The summed E-state index contributed by atoms with van der Waals surface area (Å²) in [5.41, 5.74) is 2.47. The summed E-state index contributed by atoms with van der Waals surface area (Å²) in [7, 11) is 1.63. The molecule has 0 amide bonds. The van der Waals surface area contributed by atoms with Crippen LogP contribution in [-0.4, -0.2) is 58.7 Å². The lowest BCUT2D eigenvalue weighted by atomic mass is 10.1. The van der Waals surface area contributed by atoms with E-state index >= 15 is 0 Å². The maximum atomic E-state index is 12.5. The van der Waals surface area contributed by atoms with Gasteiger partial charge in [-0.05, 0) is 59.7 Å². The Labute approximate surface area is 217 Å². The van der Waals surface area contributed by atoms with Crippen molar-refractivity contribution in [2.45, 2.75) is 13.3 Å². The molecule has 196 valence electrons. The minimum absolute atomic E-state index is 0.238. The third kappa shape index (κ3) is 9.59. The maximum absolute atomic E-state index is 12.5. The predicted octanol–water partition coefficient (Wildman–Crippen LogP) is 4.95. The standard InChI is InChI=1S/C29H32O8/c1-3-28(30)36-21-19-34-17-16-33-18-20-35-26-12-8-24(9-13-26)29(31)37-27-14-6-23(7-15-27)22-4-10-25(32-2)11-5-22/h4-15H,3,16-21H2,1-2H3. The average Bonchev–Trinajstić information content (AvgIpc) is 2.94. The second-order valence-electron chi connectivity index (χ2n) is 7.81. The average molecular weight is 509 g/mol. The van der Waals surface area contributed by atoms with E-state index in [1.54, 1.807) is 50.4 Å². The van der Waals surface area contributed by atoms with Crippen LogP contribution in [-0.2, 0) is 19.0 Å². The van der Waals surface area contributed by atoms with Crippen molar-refractivity contribution in [1.29, 1.82) is 0 Å². The molecule has 0 saturated carbocycles. The molecule has 0 aliphatic carbocycles. The smallest absolute Gasteiger partial charge is 0.343 e. The number of carbonyl (C=O) groups is 2. The molecule has 3 aromatic carbocycles. The zero-order valence-electron chi connectivity index (χ0n) is 21.1. The Morgan fingerprint density at radius 2 is 1.14 bits per heavy atom. The second-order valence-corrected chi connectivity index (χ2v) is 7.81. The number of hydrogen-bond donors (Lipinski definition) is 0. The number of ether oxygens (including phenoxy) is 6. The largest absolute Gasteiger partial charge is 0.497 e. The number of benzene rings is 3. The lowest BCUT2D eigenvalue weighted by Crippen LogP contribution is -2.14. The van der Waals surface area contributed by atoms with Crippen LogP contribution in [0.25, 0.3) is 11.1 Å². The van der Waals surface area contributed by atoms with Crippen LogP contribution in [0.5, 0.6) is 17.2 Å². The highest BCUT2D eigenvalue weighted by molar-refractivity contribution is 5.91. The molecule has 0 radical (unpaired) electrons. The van der Waals surface area contributed by atoms with Crippen LogP contribution in [0.15, 0.2) is 72.8 Å². The van der Waals surface area contributed by atoms with E-state index in [1.165, 1.54) is 0 Å². The molecule has 0 aliphatic heterocycles. The Morgan fingerprint density at radius 3 is 1.70 bits per heavy atom. The molecule has 0 fully saturated rings. The van der Waals surface area contributed by atoms with Gasteiger partial charge in [-0.3, -0.25) is 4.79 Å². The van der Waals surface area contributed by atoms with Gasteiger partial charge in [0.05, 0.1) is 39.1 Å². The molecule has 0 bridgehead atoms. The lowest BCUT2D eigenvalue weighted by Gasteiger charge is -2.09. The highest BCUT2D eigenvalue weighted by Gasteiger charge is 2.09.